The highest BCUT2D eigenvalue weighted by atomic mass is 35.5. The lowest BCUT2D eigenvalue weighted by atomic mass is 10.4. The molecule has 6 heteroatoms. The third kappa shape index (κ3) is 3.41. The predicted octanol–water partition coefficient (Wildman–Crippen LogP) is 2.22. The first-order valence-corrected chi connectivity index (χ1v) is 5.26. The monoisotopic (exact) mass is 249 g/mol. The van der Waals surface area contributed by atoms with Gasteiger partial charge < -0.3 is 15.7 Å². The first-order valence-electron chi connectivity index (χ1n) is 4.50. The average Bonchev–Trinajstić information content (AvgIpc) is 2.16. The Morgan fingerprint density at radius 1 is 1.40 bits per heavy atom. The van der Waals surface area contributed by atoms with Crippen LogP contribution in [-0.2, 0) is 0 Å². The summed E-state index contributed by atoms with van der Waals surface area (Å²) in [6.07, 6.45) is -0.461. The van der Waals surface area contributed by atoms with E-state index in [4.69, 9.17) is 28.3 Å². The van der Waals surface area contributed by atoms with Crippen molar-refractivity contribution in [2.75, 3.05) is 24.2 Å². The van der Waals surface area contributed by atoms with Gasteiger partial charge in [0.25, 0.3) is 0 Å². The normalized spacial score (nSPS) is 12.3. The fraction of sp³-hybridized carbons (Fsp3) is 0.444. The number of rotatable bonds is 4. The first-order chi connectivity index (χ1) is 7.04. The van der Waals surface area contributed by atoms with Crippen LogP contribution in [0.4, 0.5) is 11.6 Å². The molecule has 1 heterocycles. The summed E-state index contributed by atoms with van der Waals surface area (Å²) in [6.45, 7) is 2.06. The maximum Gasteiger partial charge on any atom is 0.147 e. The van der Waals surface area contributed by atoms with Crippen LogP contribution in [0, 0.1) is 0 Å². The topological polar surface area (TPSA) is 57.2 Å². The molecule has 0 aliphatic carbocycles. The van der Waals surface area contributed by atoms with Gasteiger partial charge in [-0.3, -0.25) is 0 Å². The van der Waals surface area contributed by atoms with Crippen molar-refractivity contribution in [2.24, 2.45) is 0 Å². The molecular weight excluding hydrogens is 237 g/mol. The van der Waals surface area contributed by atoms with Gasteiger partial charge >= 0.3 is 0 Å². The number of aliphatic hydroxyl groups is 1. The van der Waals surface area contributed by atoms with E-state index in [1.54, 1.807) is 20.0 Å². The van der Waals surface area contributed by atoms with Crippen molar-refractivity contribution in [3.05, 3.63) is 16.1 Å². The van der Waals surface area contributed by atoms with Crippen molar-refractivity contribution in [2.45, 2.75) is 13.0 Å². The lowest BCUT2D eigenvalue weighted by molar-refractivity contribution is 0.208. The Balaban J connectivity index is 2.87. The fourth-order valence-electron chi connectivity index (χ4n) is 1.01. The summed E-state index contributed by atoms with van der Waals surface area (Å²) >= 11 is 11.8. The van der Waals surface area contributed by atoms with E-state index >= 15 is 0 Å². The largest absolute Gasteiger partial charge is 0.392 e. The molecule has 0 aromatic carbocycles. The summed E-state index contributed by atoms with van der Waals surface area (Å²) in [4.78, 5) is 4.17. The van der Waals surface area contributed by atoms with Crippen LogP contribution in [0.2, 0.25) is 10.0 Å². The molecule has 0 fully saturated rings. The Bertz CT molecular complexity index is 344. The van der Waals surface area contributed by atoms with Crippen LogP contribution in [0.5, 0.6) is 0 Å². The highest BCUT2D eigenvalue weighted by molar-refractivity contribution is 6.37. The Morgan fingerprint density at radius 2 is 2.00 bits per heavy atom. The molecule has 3 N–H and O–H groups in total. The summed E-state index contributed by atoms with van der Waals surface area (Å²) in [7, 11) is 1.72. The molecule has 0 aliphatic rings. The molecule has 15 heavy (non-hydrogen) atoms. The van der Waals surface area contributed by atoms with E-state index in [1.165, 1.54) is 0 Å². The standard InChI is InChI=1S/C9H13Cl2N3O/c1-5(15)4-13-9-7(11)3-6(10)8(12-2)14-9/h3,5,15H,4H2,1-2H3,(H2,12,13,14). The van der Waals surface area contributed by atoms with Crippen LogP contribution < -0.4 is 10.6 Å². The number of aromatic nitrogens is 1. The van der Waals surface area contributed by atoms with E-state index in [1.807, 2.05) is 0 Å². The second-order valence-electron chi connectivity index (χ2n) is 3.13. The van der Waals surface area contributed by atoms with Gasteiger partial charge in [-0.2, -0.15) is 0 Å². The van der Waals surface area contributed by atoms with E-state index in [0.717, 1.165) is 0 Å². The molecule has 0 aliphatic heterocycles. The van der Waals surface area contributed by atoms with Crippen LogP contribution in [0.1, 0.15) is 6.92 Å². The van der Waals surface area contributed by atoms with Crippen molar-refractivity contribution in [1.82, 2.24) is 4.98 Å². The molecule has 4 nitrogen and oxygen atoms in total. The zero-order chi connectivity index (χ0) is 11.4. The minimum absolute atomic E-state index is 0.386. The minimum Gasteiger partial charge on any atom is -0.392 e. The molecule has 1 rings (SSSR count). The van der Waals surface area contributed by atoms with Crippen LogP contribution >= 0.6 is 23.2 Å². The van der Waals surface area contributed by atoms with Gasteiger partial charge in [0.2, 0.25) is 0 Å². The lowest BCUT2D eigenvalue weighted by Gasteiger charge is -2.11. The Morgan fingerprint density at radius 3 is 2.53 bits per heavy atom. The van der Waals surface area contributed by atoms with E-state index in [-0.39, 0.29) is 0 Å². The molecule has 1 aromatic heterocycles. The van der Waals surface area contributed by atoms with Crippen LogP contribution in [0.3, 0.4) is 0 Å². The van der Waals surface area contributed by atoms with Crippen LogP contribution in [0.25, 0.3) is 0 Å². The van der Waals surface area contributed by atoms with Gasteiger partial charge in [-0.1, -0.05) is 23.2 Å². The third-order valence-electron chi connectivity index (χ3n) is 1.73. The van der Waals surface area contributed by atoms with Crippen molar-refractivity contribution in [3.8, 4) is 0 Å². The van der Waals surface area contributed by atoms with Gasteiger partial charge in [-0.15, -0.1) is 0 Å². The summed E-state index contributed by atoms with van der Waals surface area (Å²) in [5.41, 5.74) is 0. The Labute approximate surface area is 98.6 Å². The van der Waals surface area contributed by atoms with Crippen molar-refractivity contribution >= 4 is 34.8 Å². The van der Waals surface area contributed by atoms with Gasteiger partial charge in [0, 0.05) is 13.6 Å². The minimum atomic E-state index is -0.461. The first kappa shape index (κ1) is 12.4. The molecule has 1 atom stereocenters. The van der Waals surface area contributed by atoms with Gasteiger partial charge in [-0.05, 0) is 13.0 Å². The number of pyridine rings is 1. The molecule has 0 saturated carbocycles. The van der Waals surface area contributed by atoms with Crippen molar-refractivity contribution < 1.29 is 5.11 Å². The van der Waals surface area contributed by atoms with Gasteiger partial charge in [0.05, 0.1) is 16.1 Å². The zero-order valence-electron chi connectivity index (χ0n) is 8.51. The number of hydrogen-bond acceptors (Lipinski definition) is 4. The number of hydrogen-bond donors (Lipinski definition) is 3. The van der Waals surface area contributed by atoms with Crippen molar-refractivity contribution in [3.63, 3.8) is 0 Å². The maximum atomic E-state index is 9.11. The third-order valence-corrected chi connectivity index (χ3v) is 2.31. The van der Waals surface area contributed by atoms with E-state index < -0.39 is 6.10 Å². The summed E-state index contributed by atoms with van der Waals surface area (Å²) < 4.78 is 0. The number of halogens is 2. The number of nitrogens with one attached hydrogen (secondary N) is 2. The zero-order valence-corrected chi connectivity index (χ0v) is 10.0. The number of anilines is 2. The second kappa shape index (κ2) is 5.39. The molecule has 1 unspecified atom stereocenters. The van der Waals surface area contributed by atoms with Gasteiger partial charge in [0.15, 0.2) is 0 Å². The van der Waals surface area contributed by atoms with E-state index in [0.29, 0.717) is 28.2 Å². The van der Waals surface area contributed by atoms with Crippen LogP contribution in [0.15, 0.2) is 6.07 Å². The highest BCUT2D eigenvalue weighted by Gasteiger charge is 2.08. The molecule has 0 saturated heterocycles. The van der Waals surface area contributed by atoms with Gasteiger partial charge in [-0.25, -0.2) is 4.98 Å². The molecule has 1 aromatic rings. The lowest BCUT2D eigenvalue weighted by Crippen LogP contribution is -2.16. The summed E-state index contributed by atoms with van der Waals surface area (Å²) in [6, 6.07) is 1.60. The quantitative estimate of drug-likeness (QED) is 0.766. The molecule has 0 amide bonds. The molecule has 0 spiro atoms. The number of nitrogens with zero attached hydrogens (tertiary/aromatic N) is 1. The Kier molecular flexibility index (Phi) is 4.45. The Hall–Kier alpha value is -0.710. The average molecular weight is 250 g/mol. The van der Waals surface area contributed by atoms with Crippen molar-refractivity contribution in [1.29, 1.82) is 0 Å². The van der Waals surface area contributed by atoms with Crippen LogP contribution in [-0.4, -0.2) is 29.8 Å². The van der Waals surface area contributed by atoms with E-state index in [2.05, 4.69) is 15.6 Å². The smallest absolute Gasteiger partial charge is 0.147 e. The number of aliphatic hydroxyl groups excluding tert-OH is 1. The molecular formula is C9H13Cl2N3O. The predicted molar refractivity (Wildman–Crippen MR) is 64.0 cm³/mol. The van der Waals surface area contributed by atoms with E-state index in [9.17, 15) is 0 Å². The fourth-order valence-corrected chi connectivity index (χ4v) is 1.53. The highest BCUT2D eigenvalue weighted by Crippen LogP contribution is 2.28. The maximum absolute atomic E-state index is 9.11. The summed E-state index contributed by atoms with van der Waals surface area (Å²) in [5, 5.41) is 15.8. The molecule has 84 valence electrons. The van der Waals surface area contributed by atoms with Gasteiger partial charge in [0.1, 0.15) is 11.6 Å². The summed E-state index contributed by atoms with van der Waals surface area (Å²) in [5.74, 6) is 1.06. The molecule has 0 radical (unpaired) electrons. The molecule has 0 bridgehead atoms. The second-order valence-corrected chi connectivity index (χ2v) is 3.94. The SMILES string of the molecule is CNc1nc(NCC(C)O)c(Cl)cc1Cl.